The van der Waals surface area contributed by atoms with Gasteiger partial charge in [0.1, 0.15) is 31.6 Å². The first kappa shape index (κ1) is 30.1. The number of sulfonamides is 1. The van der Waals surface area contributed by atoms with Crippen molar-refractivity contribution >= 4 is 39.1 Å². The van der Waals surface area contributed by atoms with Gasteiger partial charge in [-0.05, 0) is 74.9 Å². The summed E-state index contributed by atoms with van der Waals surface area (Å²) < 4.78 is 53.7. The molecule has 0 bridgehead atoms. The van der Waals surface area contributed by atoms with Gasteiger partial charge in [0.15, 0.2) is 11.5 Å². The van der Waals surface area contributed by atoms with Crippen LogP contribution in [0.2, 0.25) is 5.02 Å². The summed E-state index contributed by atoms with van der Waals surface area (Å²) in [6.07, 6.45) is 0. The quantitative estimate of drug-likeness (QED) is 0.369. The minimum Gasteiger partial charge on any atom is -0.486 e. The third-order valence-corrected chi connectivity index (χ3v) is 8.38. The van der Waals surface area contributed by atoms with Gasteiger partial charge >= 0.3 is 0 Å². The van der Waals surface area contributed by atoms with Crippen LogP contribution in [0.3, 0.4) is 0 Å². The predicted molar refractivity (Wildman–Crippen MR) is 153 cm³/mol. The van der Waals surface area contributed by atoms with Gasteiger partial charge in [-0.25, -0.2) is 12.8 Å². The molecule has 218 valence electrons. The standard InChI is InChI=1S/C29H31ClFN3O6S/c1-19(2)32-29(36)20(3)33(17-21-4-6-22(30)7-5-21)28(35)18-34(24-10-8-23(31)9-11-24)41(37,38)25-12-13-26-27(16-25)40-15-14-39-26/h4-13,16,19-20H,14-15,17-18H2,1-3H3,(H,32,36)/t20-/m1/s1. The van der Waals surface area contributed by atoms with Crippen molar-refractivity contribution in [3.63, 3.8) is 0 Å². The number of halogens is 2. The average molecular weight is 604 g/mol. The van der Waals surface area contributed by atoms with Crippen molar-refractivity contribution in [1.29, 1.82) is 0 Å². The van der Waals surface area contributed by atoms with Gasteiger partial charge in [0.25, 0.3) is 10.0 Å². The van der Waals surface area contributed by atoms with Crippen LogP contribution in [-0.2, 0) is 26.2 Å². The zero-order valence-electron chi connectivity index (χ0n) is 22.8. The Morgan fingerprint density at radius 3 is 2.22 bits per heavy atom. The summed E-state index contributed by atoms with van der Waals surface area (Å²) >= 11 is 6.02. The van der Waals surface area contributed by atoms with Crippen molar-refractivity contribution in [3.8, 4) is 11.5 Å². The van der Waals surface area contributed by atoms with Gasteiger partial charge in [0, 0.05) is 23.7 Å². The van der Waals surface area contributed by atoms with Crippen molar-refractivity contribution in [3.05, 3.63) is 83.1 Å². The molecule has 1 heterocycles. The number of amides is 2. The van der Waals surface area contributed by atoms with Gasteiger partial charge in [0.05, 0.1) is 10.6 Å². The van der Waals surface area contributed by atoms with Gasteiger partial charge < -0.3 is 19.7 Å². The molecule has 0 saturated carbocycles. The molecule has 9 nitrogen and oxygen atoms in total. The van der Waals surface area contributed by atoms with Crippen LogP contribution in [0.25, 0.3) is 0 Å². The molecule has 0 aromatic heterocycles. The molecule has 1 N–H and O–H groups in total. The van der Waals surface area contributed by atoms with Crippen molar-refractivity contribution in [2.45, 2.75) is 44.3 Å². The second-order valence-electron chi connectivity index (χ2n) is 9.78. The number of ether oxygens (including phenoxy) is 2. The highest BCUT2D eigenvalue weighted by Crippen LogP contribution is 2.34. The topological polar surface area (TPSA) is 105 Å². The monoisotopic (exact) mass is 603 g/mol. The number of carbonyl (C=O) groups excluding carboxylic acids is 2. The minimum absolute atomic E-state index is 0.0179. The van der Waals surface area contributed by atoms with Crippen LogP contribution >= 0.6 is 11.6 Å². The molecule has 0 aliphatic carbocycles. The van der Waals surface area contributed by atoms with Crippen LogP contribution in [-0.4, -0.2) is 57.0 Å². The molecular formula is C29H31ClFN3O6S. The van der Waals surface area contributed by atoms with Crippen molar-refractivity contribution in [2.75, 3.05) is 24.1 Å². The summed E-state index contributed by atoms with van der Waals surface area (Å²) in [5.41, 5.74) is 0.760. The summed E-state index contributed by atoms with van der Waals surface area (Å²) in [7, 11) is -4.36. The van der Waals surface area contributed by atoms with Gasteiger partial charge in [0.2, 0.25) is 11.8 Å². The molecule has 12 heteroatoms. The Kier molecular flexibility index (Phi) is 9.39. The van der Waals surface area contributed by atoms with Crippen LogP contribution in [0.4, 0.5) is 10.1 Å². The van der Waals surface area contributed by atoms with Crippen LogP contribution in [0.1, 0.15) is 26.3 Å². The first-order valence-corrected chi connectivity index (χ1v) is 14.8. The van der Waals surface area contributed by atoms with Crippen molar-refractivity contribution < 1.29 is 31.9 Å². The van der Waals surface area contributed by atoms with Crippen molar-refractivity contribution in [1.82, 2.24) is 10.2 Å². The maximum atomic E-state index is 14.0. The summed E-state index contributed by atoms with van der Waals surface area (Å²) in [5, 5.41) is 3.30. The van der Waals surface area contributed by atoms with E-state index in [-0.39, 0.29) is 35.5 Å². The number of nitrogens with one attached hydrogen (secondary N) is 1. The number of benzene rings is 3. The Balaban J connectivity index is 1.72. The molecular weight excluding hydrogens is 573 g/mol. The normalized spacial score (nSPS) is 13.4. The minimum atomic E-state index is -4.36. The Labute approximate surface area is 243 Å². The summed E-state index contributed by atoms with van der Waals surface area (Å²) in [6.45, 7) is 5.12. The molecule has 1 aliphatic rings. The fraction of sp³-hybridized carbons (Fsp3) is 0.310. The lowest BCUT2D eigenvalue weighted by atomic mass is 10.1. The first-order valence-electron chi connectivity index (χ1n) is 13.0. The number of carbonyl (C=O) groups is 2. The predicted octanol–water partition coefficient (Wildman–Crippen LogP) is 4.39. The molecule has 3 aromatic carbocycles. The number of hydrogen-bond acceptors (Lipinski definition) is 6. The van der Waals surface area contributed by atoms with E-state index in [2.05, 4.69) is 5.32 Å². The van der Waals surface area contributed by atoms with E-state index in [9.17, 15) is 22.4 Å². The average Bonchev–Trinajstić information content (AvgIpc) is 2.95. The van der Waals surface area contributed by atoms with E-state index >= 15 is 0 Å². The molecule has 0 radical (unpaired) electrons. The van der Waals surface area contributed by atoms with Crippen LogP contribution in [0, 0.1) is 5.82 Å². The highest BCUT2D eigenvalue weighted by molar-refractivity contribution is 7.92. The molecule has 0 saturated heterocycles. The molecule has 4 rings (SSSR count). The lowest BCUT2D eigenvalue weighted by molar-refractivity contribution is -0.139. The van der Waals surface area contributed by atoms with E-state index in [0.717, 1.165) is 16.4 Å². The second-order valence-corrected chi connectivity index (χ2v) is 12.1. The third-order valence-electron chi connectivity index (χ3n) is 6.36. The maximum Gasteiger partial charge on any atom is 0.264 e. The zero-order valence-corrected chi connectivity index (χ0v) is 24.4. The van der Waals surface area contributed by atoms with Crippen LogP contribution in [0.15, 0.2) is 71.6 Å². The lowest BCUT2D eigenvalue weighted by Gasteiger charge is -2.32. The Bertz CT molecular complexity index is 1500. The number of fused-ring (bicyclic) bond motifs is 1. The molecule has 1 atom stereocenters. The van der Waals surface area contributed by atoms with Crippen molar-refractivity contribution in [2.24, 2.45) is 0 Å². The Hall–Kier alpha value is -3.83. The largest absolute Gasteiger partial charge is 0.486 e. The third kappa shape index (κ3) is 7.28. The van der Waals surface area contributed by atoms with E-state index < -0.39 is 40.2 Å². The van der Waals surface area contributed by atoms with Gasteiger partial charge in [-0.1, -0.05) is 23.7 Å². The molecule has 3 aromatic rings. The van der Waals surface area contributed by atoms with E-state index in [4.69, 9.17) is 21.1 Å². The van der Waals surface area contributed by atoms with Crippen LogP contribution < -0.4 is 19.1 Å². The smallest absolute Gasteiger partial charge is 0.264 e. The molecule has 2 amide bonds. The van der Waals surface area contributed by atoms with E-state index in [1.54, 1.807) is 45.0 Å². The molecule has 0 unspecified atom stereocenters. The lowest BCUT2D eigenvalue weighted by Crippen LogP contribution is -2.52. The first-order chi connectivity index (χ1) is 19.5. The molecule has 41 heavy (non-hydrogen) atoms. The van der Waals surface area contributed by atoms with E-state index in [0.29, 0.717) is 22.9 Å². The molecule has 1 aliphatic heterocycles. The highest BCUT2D eigenvalue weighted by Gasteiger charge is 2.33. The van der Waals surface area contributed by atoms with Gasteiger partial charge in [-0.3, -0.25) is 13.9 Å². The fourth-order valence-electron chi connectivity index (χ4n) is 4.22. The number of anilines is 1. The van der Waals surface area contributed by atoms with Crippen LogP contribution in [0.5, 0.6) is 11.5 Å². The van der Waals surface area contributed by atoms with Gasteiger partial charge in [-0.2, -0.15) is 0 Å². The fourth-order valence-corrected chi connectivity index (χ4v) is 5.78. The maximum absolute atomic E-state index is 14.0. The molecule has 0 spiro atoms. The zero-order chi connectivity index (χ0) is 29.7. The summed E-state index contributed by atoms with van der Waals surface area (Å²) in [5.74, 6) is -0.952. The Morgan fingerprint density at radius 1 is 0.951 bits per heavy atom. The number of nitrogens with zero attached hydrogens (tertiary/aromatic N) is 2. The number of rotatable bonds is 10. The second kappa shape index (κ2) is 12.8. The molecule has 0 fully saturated rings. The SMILES string of the molecule is CC(C)NC(=O)[C@@H](C)N(Cc1ccc(Cl)cc1)C(=O)CN(c1ccc(F)cc1)S(=O)(=O)c1ccc2c(c1)OCCO2. The summed E-state index contributed by atoms with van der Waals surface area (Å²) in [4.78, 5) is 28.0. The van der Waals surface area contributed by atoms with E-state index in [1.807, 2.05) is 0 Å². The van der Waals surface area contributed by atoms with Gasteiger partial charge in [-0.15, -0.1) is 0 Å². The Morgan fingerprint density at radius 2 is 1.59 bits per heavy atom. The summed E-state index contributed by atoms with van der Waals surface area (Å²) in [6, 6.07) is 14.6. The highest BCUT2D eigenvalue weighted by atomic mass is 35.5. The number of hydrogen-bond donors (Lipinski definition) is 1. The van der Waals surface area contributed by atoms with E-state index in [1.165, 1.54) is 35.2 Å².